The minimum atomic E-state index is 0.286. The van der Waals surface area contributed by atoms with Gasteiger partial charge < -0.3 is 20.5 Å². The number of hydrogen-bond acceptors (Lipinski definition) is 5. The fraction of sp³-hybridized carbons (Fsp3) is 0.286. The summed E-state index contributed by atoms with van der Waals surface area (Å²) in [4.78, 5) is 4.57. The molecule has 5 nitrogen and oxygen atoms in total. The number of pyridine rings is 1. The first-order valence-electron chi connectivity index (χ1n) is 8.88. The number of fused-ring (bicyclic) bond motifs is 1. The standard InChI is InChI=1S/C21H25N3O2/c1-15(8-6-12-22)24-18-14-19(25-2)21(17-11-7-13-23-20(17)18)26-16-9-4-3-5-10-16/h3-5,7,9-11,13-15,24H,6,8,12,22H2,1-2H3/t15-/m1/s1. The molecule has 2 aromatic carbocycles. The summed E-state index contributed by atoms with van der Waals surface area (Å²) in [7, 11) is 1.65. The molecule has 136 valence electrons. The van der Waals surface area contributed by atoms with Crippen molar-refractivity contribution in [3.05, 3.63) is 54.7 Å². The van der Waals surface area contributed by atoms with Crippen molar-refractivity contribution in [3.8, 4) is 17.2 Å². The number of nitrogens with one attached hydrogen (secondary N) is 1. The highest BCUT2D eigenvalue weighted by atomic mass is 16.5. The van der Waals surface area contributed by atoms with Crippen LogP contribution in [0.2, 0.25) is 0 Å². The Kier molecular flexibility index (Phi) is 5.92. The maximum atomic E-state index is 6.13. The Morgan fingerprint density at radius 3 is 2.69 bits per heavy atom. The van der Waals surface area contributed by atoms with Crippen molar-refractivity contribution in [2.24, 2.45) is 5.73 Å². The fourth-order valence-electron chi connectivity index (χ4n) is 2.94. The number of methoxy groups -OCH3 is 1. The monoisotopic (exact) mass is 351 g/mol. The Balaban J connectivity index is 2.02. The van der Waals surface area contributed by atoms with Gasteiger partial charge in [0.25, 0.3) is 0 Å². The van der Waals surface area contributed by atoms with Gasteiger partial charge in [0.15, 0.2) is 11.5 Å². The largest absolute Gasteiger partial charge is 0.493 e. The van der Waals surface area contributed by atoms with E-state index in [1.807, 2.05) is 48.5 Å². The molecule has 1 atom stereocenters. The van der Waals surface area contributed by atoms with Crippen LogP contribution in [0.1, 0.15) is 19.8 Å². The molecule has 0 aliphatic carbocycles. The Morgan fingerprint density at radius 2 is 1.96 bits per heavy atom. The second-order valence-corrected chi connectivity index (χ2v) is 6.25. The molecule has 0 spiro atoms. The molecule has 3 N–H and O–H groups in total. The van der Waals surface area contributed by atoms with E-state index in [1.165, 1.54) is 0 Å². The first-order valence-corrected chi connectivity index (χ1v) is 8.88. The second kappa shape index (κ2) is 8.54. The van der Waals surface area contributed by atoms with Gasteiger partial charge in [-0.1, -0.05) is 18.2 Å². The molecule has 26 heavy (non-hydrogen) atoms. The number of hydrogen-bond donors (Lipinski definition) is 2. The summed E-state index contributed by atoms with van der Waals surface area (Å²) in [6.45, 7) is 2.84. The van der Waals surface area contributed by atoms with Crippen LogP contribution in [0.3, 0.4) is 0 Å². The van der Waals surface area contributed by atoms with Crippen LogP contribution in [0.25, 0.3) is 10.9 Å². The lowest BCUT2D eigenvalue weighted by Crippen LogP contribution is -2.17. The fourth-order valence-corrected chi connectivity index (χ4v) is 2.94. The van der Waals surface area contributed by atoms with Crippen LogP contribution in [-0.2, 0) is 0 Å². The van der Waals surface area contributed by atoms with E-state index in [9.17, 15) is 0 Å². The third-order valence-corrected chi connectivity index (χ3v) is 4.23. The summed E-state index contributed by atoms with van der Waals surface area (Å²) in [6, 6.07) is 15.8. The second-order valence-electron chi connectivity index (χ2n) is 6.25. The number of rotatable bonds is 8. The SMILES string of the molecule is COc1cc(N[C@H](C)CCCN)c2ncccc2c1Oc1ccccc1. The molecule has 0 unspecified atom stereocenters. The molecule has 0 bridgehead atoms. The molecule has 0 aliphatic heterocycles. The van der Waals surface area contributed by atoms with Crippen molar-refractivity contribution in [1.29, 1.82) is 0 Å². The van der Waals surface area contributed by atoms with Crippen molar-refractivity contribution in [3.63, 3.8) is 0 Å². The maximum Gasteiger partial charge on any atom is 0.178 e. The third kappa shape index (κ3) is 4.06. The van der Waals surface area contributed by atoms with Gasteiger partial charge in [0.05, 0.1) is 18.3 Å². The number of ether oxygens (including phenoxy) is 2. The molecular weight excluding hydrogens is 326 g/mol. The van der Waals surface area contributed by atoms with Crippen molar-refractivity contribution in [1.82, 2.24) is 4.98 Å². The van der Waals surface area contributed by atoms with E-state index in [-0.39, 0.29) is 6.04 Å². The summed E-state index contributed by atoms with van der Waals surface area (Å²) in [5.41, 5.74) is 7.42. The van der Waals surface area contributed by atoms with Gasteiger partial charge >= 0.3 is 0 Å². The topological polar surface area (TPSA) is 69.4 Å². The van der Waals surface area contributed by atoms with Gasteiger partial charge in [-0.3, -0.25) is 4.98 Å². The van der Waals surface area contributed by atoms with Gasteiger partial charge in [0.1, 0.15) is 5.75 Å². The molecule has 0 radical (unpaired) electrons. The predicted molar refractivity (Wildman–Crippen MR) is 106 cm³/mol. The van der Waals surface area contributed by atoms with Crippen LogP contribution in [0.15, 0.2) is 54.7 Å². The molecular formula is C21H25N3O2. The van der Waals surface area contributed by atoms with Crippen molar-refractivity contribution in [2.45, 2.75) is 25.8 Å². The van der Waals surface area contributed by atoms with Crippen LogP contribution >= 0.6 is 0 Å². The average Bonchev–Trinajstić information content (AvgIpc) is 2.68. The van der Waals surface area contributed by atoms with Gasteiger partial charge in [-0.05, 0) is 50.6 Å². The van der Waals surface area contributed by atoms with E-state index >= 15 is 0 Å². The highest BCUT2D eigenvalue weighted by Gasteiger charge is 2.17. The summed E-state index contributed by atoms with van der Waals surface area (Å²) in [5, 5.41) is 4.44. The zero-order chi connectivity index (χ0) is 18.4. The normalized spacial score (nSPS) is 12.0. The van der Waals surface area contributed by atoms with E-state index in [0.29, 0.717) is 18.0 Å². The van der Waals surface area contributed by atoms with Crippen LogP contribution in [0.4, 0.5) is 5.69 Å². The number of benzene rings is 2. The number of para-hydroxylation sites is 1. The van der Waals surface area contributed by atoms with Crippen LogP contribution in [-0.4, -0.2) is 24.7 Å². The first kappa shape index (κ1) is 18.0. The van der Waals surface area contributed by atoms with Crippen LogP contribution in [0.5, 0.6) is 17.2 Å². The highest BCUT2D eigenvalue weighted by Crippen LogP contribution is 2.41. The Hall–Kier alpha value is -2.79. The highest BCUT2D eigenvalue weighted by molar-refractivity contribution is 5.97. The molecule has 3 rings (SSSR count). The zero-order valence-electron chi connectivity index (χ0n) is 15.2. The molecule has 5 heteroatoms. The lowest BCUT2D eigenvalue weighted by atomic mass is 10.1. The number of nitrogens with two attached hydrogens (primary N) is 1. The summed E-state index contributed by atoms with van der Waals surface area (Å²) < 4.78 is 11.7. The van der Waals surface area contributed by atoms with Gasteiger partial charge in [-0.25, -0.2) is 0 Å². The molecule has 0 saturated carbocycles. The van der Waals surface area contributed by atoms with Crippen LogP contribution < -0.4 is 20.5 Å². The summed E-state index contributed by atoms with van der Waals surface area (Å²) in [6.07, 6.45) is 3.76. The Bertz CT molecular complexity index is 853. The maximum absolute atomic E-state index is 6.13. The predicted octanol–water partition coefficient (Wildman–Crippen LogP) is 4.58. The smallest absolute Gasteiger partial charge is 0.178 e. The quantitative estimate of drug-likeness (QED) is 0.622. The lowest BCUT2D eigenvalue weighted by Gasteiger charge is -2.19. The molecule has 0 aliphatic rings. The van der Waals surface area contributed by atoms with Gasteiger partial charge in [0.2, 0.25) is 0 Å². The number of anilines is 1. The minimum Gasteiger partial charge on any atom is -0.493 e. The first-order chi connectivity index (χ1) is 12.7. The summed E-state index contributed by atoms with van der Waals surface area (Å²) >= 11 is 0. The van der Waals surface area contributed by atoms with E-state index in [1.54, 1.807) is 13.3 Å². The van der Waals surface area contributed by atoms with Crippen molar-refractivity contribution < 1.29 is 9.47 Å². The van der Waals surface area contributed by atoms with E-state index < -0.39 is 0 Å². The van der Waals surface area contributed by atoms with E-state index in [0.717, 1.165) is 35.2 Å². The molecule has 0 amide bonds. The molecule has 3 aromatic rings. The van der Waals surface area contributed by atoms with Gasteiger partial charge in [-0.2, -0.15) is 0 Å². The van der Waals surface area contributed by atoms with Gasteiger partial charge in [0, 0.05) is 23.7 Å². The van der Waals surface area contributed by atoms with Crippen LogP contribution in [0, 0.1) is 0 Å². The van der Waals surface area contributed by atoms with E-state index in [4.69, 9.17) is 15.2 Å². The molecule has 1 aromatic heterocycles. The number of nitrogens with zero attached hydrogens (tertiary/aromatic N) is 1. The number of aromatic nitrogens is 1. The molecule has 0 saturated heterocycles. The van der Waals surface area contributed by atoms with E-state index in [2.05, 4.69) is 17.2 Å². The lowest BCUT2D eigenvalue weighted by molar-refractivity contribution is 0.381. The van der Waals surface area contributed by atoms with Crippen molar-refractivity contribution >= 4 is 16.6 Å². The van der Waals surface area contributed by atoms with Gasteiger partial charge in [-0.15, -0.1) is 0 Å². The summed E-state index contributed by atoms with van der Waals surface area (Å²) in [5.74, 6) is 2.10. The molecule has 0 fully saturated rings. The minimum absolute atomic E-state index is 0.286. The Labute approximate surface area is 154 Å². The van der Waals surface area contributed by atoms with Crippen molar-refractivity contribution in [2.75, 3.05) is 19.0 Å². The third-order valence-electron chi connectivity index (χ3n) is 4.23. The Morgan fingerprint density at radius 1 is 1.15 bits per heavy atom. The molecule has 1 heterocycles. The zero-order valence-corrected chi connectivity index (χ0v) is 15.2. The average molecular weight is 351 g/mol.